The maximum atomic E-state index is 5.91. The first-order valence-corrected chi connectivity index (χ1v) is 4.81. The maximum Gasteiger partial charge on any atom is 0.124 e. The number of nitrogens with one attached hydrogen (secondary N) is 1. The van der Waals surface area contributed by atoms with Crippen LogP contribution in [0.2, 0.25) is 5.02 Å². The van der Waals surface area contributed by atoms with E-state index >= 15 is 0 Å². The molecule has 0 aromatic heterocycles. The molecule has 0 saturated heterocycles. The van der Waals surface area contributed by atoms with Crippen LogP contribution in [0.4, 0.5) is 0 Å². The Kier molecular flexibility index (Phi) is 2.42. The molecular weight excluding hydrogens is 186 g/mol. The molecule has 0 aliphatic carbocycles. The molecule has 1 N–H and O–H groups in total. The normalized spacial score (nSPS) is 21.5. The minimum atomic E-state index is 0.316. The number of benzene rings is 1. The summed E-state index contributed by atoms with van der Waals surface area (Å²) >= 11 is 5.91. The van der Waals surface area contributed by atoms with E-state index in [1.807, 2.05) is 18.2 Å². The average molecular weight is 198 g/mol. The predicted molar refractivity (Wildman–Crippen MR) is 53.4 cm³/mol. The molecule has 70 valence electrons. The Labute approximate surface area is 82.9 Å². The summed E-state index contributed by atoms with van der Waals surface area (Å²) in [4.78, 5) is 0. The zero-order valence-corrected chi connectivity index (χ0v) is 8.27. The lowest BCUT2D eigenvalue weighted by molar-refractivity contribution is 0.324. The van der Waals surface area contributed by atoms with Gasteiger partial charge < -0.3 is 10.1 Å². The third-order valence-corrected chi connectivity index (χ3v) is 2.48. The highest BCUT2D eigenvalue weighted by Crippen LogP contribution is 2.29. The lowest BCUT2D eigenvalue weighted by Gasteiger charge is -2.11. The van der Waals surface area contributed by atoms with E-state index in [-0.39, 0.29) is 0 Å². The monoisotopic (exact) mass is 197 g/mol. The summed E-state index contributed by atoms with van der Waals surface area (Å²) in [5.41, 5.74) is 1.14. The van der Waals surface area contributed by atoms with Crippen LogP contribution in [0.3, 0.4) is 0 Å². The summed E-state index contributed by atoms with van der Waals surface area (Å²) in [5.74, 6) is 0.946. The van der Waals surface area contributed by atoms with E-state index in [1.54, 1.807) is 0 Å². The largest absolute Gasteiger partial charge is 0.492 e. The van der Waals surface area contributed by atoms with Crippen molar-refractivity contribution < 1.29 is 4.74 Å². The summed E-state index contributed by atoms with van der Waals surface area (Å²) in [6.45, 7) is 3.72. The molecule has 0 radical (unpaired) electrons. The first kappa shape index (κ1) is 8.85. The molecule has 0 fully saturated rings. The molecule has 1 heterocycles. The van der Waals surface area contributed by atoms with Crippen LogP contribution in [0.15, 0.2) is 18.2 Å². The van der Waals surface area contributed by atoms with E-state index in [1.165, 1.54) is 0 Å². The van der Waals surface area contributed by atoms with Gasteiger partial charge in [-0.15, -0.1) is 0 Å². The molecule has 2 rings (SSSR count). The van der Waals surface area contributed by atoms with Gasteiger partial charge in [-0.2, -0.15) is 0 Å². The summed E-state index contributed by atoms with van der Waals surface area (Å²) in [7, 11) is 0. The Morgan fingerprint density at radius 2 is 2.38 bits per heavy atom. The minimum Gasteiger partial charge on any atom is -0.492 e. The van der Waals surface area contributed by atoms with Gasteiger partial charge in [-0.1, -0.05) is 11.6 Å². The number of ether oxygens (including phenoxy) is 1. The van der Waals surface area contributed by atoms with Gasteiger partial charge in [0.15, 0.2) is 0 Å². The van der Waals surface area contributed by atoms with Crippen molar-refractivity contribution in [1.29, 1.82) is 0 Å². The van der Waals surface area contributed by atoms with Crippen molar-refractivity contribution in [2.75, 3.05) is 13.2 Å². The van der Waals surface area contributed by atoms with Crippen molar-refractivity contribution in [2.24, 2.45) is 0 Å². The number of halogens is 1. The SMILES string of the molecule is CC1NCCOc2ccc(Cl)cc21. The number of hydrogen-bond acceptors (Lipinski definition) is 2. The van der Waals surface area contributed by atoms with Crippen LogP contribution < -0.4 is 10.1 Å². The standard InChI is InChI=1S/C10H12ClNO/c1-7-9-6-8(11)2-3-10(9)13-5-4-12-7/h2-3,6-7,12H,4-5H2,1H3. The van der Waals surface area contributed by atoms with Crippen molar-refractivity contribution in [1.82, 2.24) is 5.32 Å². The Bertz CT molecular complexity index is 314. The lowest BCUT2D eigenvalue weighted by Crippen LogP contribution is -2.20. The second-order valence-corrected chi connectivity index (χ2v) is 3.64. The summed E-state index contributed by atoms with van der Waals surface area (Å²) in [5, 5.41) is 4.11. The molecular formula is C10H12ClNO. The molecule has 0 amide bonds. The maximum absolute atomic E-state index is 5.91. The molecule has 1 aliphatic rings. The van der Waals surface area contributed by atoms with Gasteiger partial charge in [0.05, 0.1) is 0 Å². The quantitative estimate of drug-likeness (QED) is 0.690. The smallest absolute Gasteiger partial charge is 0.124 e. The zero-order valence-electron chi connectivity index (χ0n) is 7.51. The fourth-order valence-electron chi connectivity index (χ4n) is 1.54. The fourth-order valence-corrected chi connectivity index (χ4v) is 1.72. The Balaban J connectivity index is 2.43. The first-order valence-electron chi connectivity index (χ1n) is 4.43. The van der Waals surface area contributed by atoms with Crippen molar-refractivity contribution in [3.8, 4) is 5.75 Å². The number of hydrogen-bond donors (Lipinski definition) is 1. The molecule has 3 heteroatoms. The van der Waals surface area contributed by atoms with Gasteiger partial charge >= 0.3 is 0 Å². The molecule has 1 atom stereocenters. The second-order valence-electron chi connectivity index (χ2n) is 3.21. The van der Waals surface area contributed by atoms with Crippen LogP contribution in [-0.4, -0.2) is 13.2 Å². The molecule has 1 aromatic rings. The van der Waals surface area contributed by atoms with E-state index in [4.69, 9.17) is 16.3 Å². The molecule has 2 nitrogen and oxygen atoms in total. The molecule has 0 saturated carbocycles. The van der Waals surface area contributed by atoms with Crippen LogP contribution in [0.25, 0.3) is 0 Å². The van der Waals surface area contributed by atoms with E-state index in [0.29, 0.717) is 6.04 Å². The fraction of sp³-hybridized carbons (Fsp3) is 0.400. The van der Waals surface area contributed by atoms with Crippen LogP contribution in [0.1, 0.15) is 18.5 Å². The molecule has 13 heavy (non-hydrogen) atoms. The molecule has 1 aliphatic heterocycles. The van der Waals surface area contributed by atoms with Crippen molar-refractivity contribution >= 4 is 11.6 Å². The van der Waals surface area contributed by atoms with E-state index in [9.17, 15) is 0 Å². The van der Waals surface area contributed by atoms with E-state index in [2.05, 4.69) is 12.2 Å². The zero-order chi connectivity index (χ0) is 9.26. The Hall–Kier alpha value is -0.730. The average Bonchev–Trinajstić information content (AvgIpc) is 2.29. The molecule has 0 bridgehead atoms. The van der Waals surface area contributed by atoms with E-state index < -0.39 is 0 Å². The highest BCUT2D eigenvalue weighted by atomic mass is 35.5. The summed E-state index contributed by atoms with van der Waals surface area (Å²) < 4.78 is 5.55. The Morgan fingerprint density at radius 3 is 3.23 bits per heavy atom. The van der Waals surface area contributed by atoms with E-state index in [0.717, 1.165) is 29.5 Å². The van der Waals surface area contributed by atoms with Gasteiger partial charge in [0.25, 0.3) is 0 Å². The molecule has 0 spiro atoms. The third kappa shape index (κ3) is 1.79. The third-order valence-electron chi connectivity index (χ3n) is 2.25. The van der Waals surface area contributed by atoms with Gasteiger partial charge in [-0.3, -0.25) is 0 Å². The topological polar surface area (TPSA) is 21.3 Å². The lowest BCUT2D eigenvalue weighted by atomic mass is 10.1. The van der Waals surface area contributed by atoms with Crippen LogP contribution in [0, 0.1) is 0 Å². The first-order chi connectivity index (χ1) is 6.27. The van der Waals surface area contributed by atoms with Gasteiger partial charge in [0.1, 0.15) is 12.4 Å². The molecule has 1 aromatic carbocycles. The highest BCUT2D eigenvalue weighted by Gasteiger charge is 2.14. The van der Waals surface area contributed by atoms with Crippen molar-refractivity contribution in [3.05, 3.63) is 28.8 Å². The summed E-state index contributed by atoms with van der Waals surface area (Å²) in [6, 6.07) is 6.07. The van der Waals surface area contributed by atoms with Gasteiger partial charge in [-0.05, 0) is 25.1 Å². The molecule has 1 unspecified atom stereocenters. The summed E-state index contributed by atoms with van der Waals surface area (Å²) in [6.07, 6.45) is 0. The van der Waals surface area contributed by atoms with Crippen molar-refractivity contribution in [3.63, 3.8) is 0 Å². The minimum absolute atomic E-state index is 0.316. The predicted octanol–water partition coefficient (Wildman–Crippen LogP) is 2.38. The van der Waals surface area contributed by atoms with Crippen LogP contribution in [0.5, 0.6) is 5.75 Å². The van der Waals surface area contributed by atoms with Crippen molar-refractivity contribution in [2.45, 2.75) is 13.0 Å². The van der Waals surface area contributed by atoms with Crippen LogP contribution >= 0.6 is 11.6 Å². The second kappa shape index (κ2) is 3.56. The number of rotatable bonds is 0. The van der Waals surface area contributed by atoms with Gasteiger partial charge in [-0.25, -0.2) is 0 Å². The van der Waals surface area contributed by atoms with Gasteiger partial charge in [0.2, 0.25) is 0 Å². The van der Waals surface area contributed by atoms with Crippen LogP contribution in [-0.2, 0) is 0 Å². The Morgan fingerprint density at radius 1 is 1.54 bits per heavy atom. The number of fused-ring (bicyclic) bond motifs is 1. The van der Waals surface area contributed by atoms with Gasteiger partial charge in [0, 0.05) is 23.2 Å². The highest BCUT2D eigenvalue weighted by molar-refractivity contribution is 6.30.